The lowest BCUT2D eigenvalue weighted by molar-refractivity contribution is 0.160. The number of rotatable bonds is 7. The summed E-state index contributed by atoms with van der Waals surface area (Å²) in [5.41, 5.74) is 1.37. The molecule has 0 aromatic carbocycles. The summed E-state index contributed by atoms with van der Waals surface area (Å²) >= 11 is 0. The maximum atomic E-state index is 4.29. The van der Waals surface area contributed by atoms with Gasteiger partial charge in [0.25, 0.3) is 0 Å². The lowest BCUT2D eigenvalue weighted by Crippen LogP contribution is -2.42. The maximum absolute atomic E-state index is 4.29. The Morgan fingerprint density at radius 3 is 2.81 bits per heavy atom. The maximum Gasteiger partial charge on any atom is 0.0492 e. The predicted octanol–water partition coefficient (Wildman–Crippen LogP) is 3.79. The summed E-state index contributed by atoms with van der Waals surface area (Å²) in [5, 5.41) is 8.10. The highest BCUT2D eigenvalue weighted by atomic mass is 15.2. The van der Waals surface area contributed by atoms with Gasteiger partial charge in [-0.25, -0.2) is 0 Å². The average Bonchev–Trinajstić information content (AvgIpc) is 2.88. The summed E-state index contributed by atoms with van der Waals surface area (Å²) in [5.74, 6) is 2.57. The van der Waals surface area contributed by atoms with Crippen LogP contribution in [0.1, 0.15) is 58.6 Å². The molecule has 1 heterocycles. The van der Waals surface area contributed by atoms with Crippen LogP contribution in [-0.2, 0) is 13.5 Å². The van der Waals surface area contributed by atoms with Crippen LogP contribution >= 0.6 is 0 Å². The van der Waals surface area contributed by atoms with Gasteiger partial charge in [-0.3, -0.25) is 4.68 Å². The van der Waals surface area contributed by atoms with E-state index in [4.69, 9.17) is 0 Å². The molecule has 1 aliphatic carbocycles. The van der Waals surface area contributed by atoms with Crippen LogP contribution in [0.25, 0.3) is 0 Å². The van der Waals surface area contributed by atoms with Gasteiger partial charge in [-0.05, 0) is 68.9 Å². The molecule has 1 aliphatic rings. The summed E-state index contributed by atoms with van der Waals surface area (Å²) in [4.78, 5) is 0. The van der Waals surface area contributed by atoms with Crippen molar-refractivity contribution in [1.29, 1.82) is 0 Å². The second kappa shape index (κ2) is 7.98. The van der Waals surface area contributed by atoms with E-state index in [2.05, 4.69) is 44.3 Å². The predicted molar refractivity (Wildman–Crippen MR) is 89.3 cm³/mol. The topological polar surface area (TPSA) is 29.9 Å². The number of nitrogens with one attached hydrogen (secondary N) is 1. The first-order chi connectivity index (χ1) is 10.1. The zero-order valence-electron chi connectivity index (χ0n) is 14.3. The first kappa shape index (κ1) is 16.5. The van der Waals surface area contributed by atoms with E-state index in [0.717, 1.165) is 30.2 Å². The summed E-state index contributed by atoms with van der Waals surface area (Å²) in [7, 11) is 2.06. The fourth-order valence-electron chi connectivity index (χ4n) is 3.80. The average molecular weight is 291 g/mol. The molecule has 0 radical (unpaired) electrons. The smallest absolute Gasteiger partial charge is 0.0492 e. The van der Waals surface area contributed by atoms with Crippen molar-refractivity contribution >= 4 is 0 Å². The van der Waals surface area contributed by atoms with Gasteiger partial charge < -0.3 is 5.32 Å². The first-order valence-electron chi connectivity index (χ1n) is 8.82. The van der Waals surface area contributed by atoms with Crippen LogP contribution in [0, 0.1) is 17.8 Å². The summed E-state index contributed by atoms with van der Waals surface area (Å²) in [6.07, 6.45) is 9.77. The third-order valence-corrected chi connectivity index (χ3v) is 5.32. The molecule has 1 fully saturated rings. The monoisotopic (exact) mass is 291 g/mol. The number of hydrogen-bond donors (Lipinski definition) is 1. The van der Waals surface area contributed by atoms with Gasteiger partial charge in [0.05, 0.1) is 0 Å². The zero-order valence-corrected chi connectivity index (χ0v) is 14.3. The lowest BCUT2D eigenvalue weighted by Gasteiger charge is -2.38. The molecule has 21 heavy (non-hydrogen) atoms. The van der Waals surface area contributed by atoms with E-state index in [1.54, 1.807) is 0 Å². The van der Waals surface area contributed by atoms with Crippen LogP contribution in [-0.4, -0.2) is 22.4 Å². The van der Waals surface area contributed by atoms with Gasteiger partial charge in [-0.1, -0.05) is 20.8 Å². The van der Waals surface area contributed by atoms with Crippen molar-refractivity contribution in [1.82, 2.24) is 15.1 Å². The Labute approximate surface area is 130 Å². The van der Waals surface area contributed by atoms with Gasteiger partial charge in [0.2, 0.25) is 0 Å². The summed E-state index contributed by atoms with van der Waals surface area (Å²) in [6, 6.07) is 2.89. The molecule has 1 aromatic heterocycles. The Kier molecular flexibility index (Phi) is 6.28. The first-order valence-corrected chi connectivity index (χ1v) is 8.82. The molecular weight excluding hydrogens is 258 g/mol. The summed E-state index contributed by atoms with van der Waals surface area (Å²) < 4.78 is 2.03. The molecule has 0 saturated heterocycles. The van der Waals surface area contributed by atoms with Crippen LogP contribution in [0.15, 0.2) is 12.3 Å². The molecule has 0 bridgehead atoms. The van der Waals surface area contributed by atoms with Crippen LogP contribution in [0.3, 0.4) is 0 Å². The van der Waals surface area contributed by atoms with Crippen molar-refractivity contribution in [3.05, 3.63) is 18.0 Å². The van der Waals surface area contributed by atoms with Gasteiger partial charge >= 0.3 is 0 Å². The molecule has 2 rings (SSSR count). The van der Waals surface area contributed by atoms with E-state index in [1.165, 1.54) is 44.3 Å². The van der Waals surface area contributed by atoms with E-state index in [-0.39, 0.29) is 0 Å². The number of aromatic nitrogens is 2. The van der Waals surface area contributed by atoms with Gasteiger partial charge in [0.1, 0.15) is 0 Å². The number of nitrogens with zero attached hydrogens (tertiary/aromatic N) is 2. The molecule has 3 unspecified atom stereocenters. The van der Waals surface area contributed by atoms with E-state index in [9.17, 15) is 0 Å². The molecule has 1 N–H and O–H groups in total. The highest BCUT2D eigenvalue weighted by Gasteiger charge is 2.31. The van der Waals surface area contributed by atoms with Crippen molar-refractivity contribution < 1.29 is 0 Å². The van der Waals surface area contributed by atoms with Crippen molar-refractivity contribution in [3.8, 4) is 0 Å². The number of hydrogen-bond acceptors (Lipinski definition) is 2. The lowest BCUT2D eigenvalue weighted by atomic mass is 9.72. The fraction of sp³-hybridized carbons (Fsp3) is 0.833. The van der Waals surface area contributed by atoms with Crippen LogP contribution < -0.4 is 5.32 Å². The molecule has 0 amide bonds. The molecule has 1 aromatic rings. The Bertz CT molecular complexity index is 410. The Hall–Kier alpha value is -0.830. The molecule has 3 atom stereocenters. The van der Waals surface area contributed by atoms with E-state index in [1.807, 2.05) is 10.9 Å². The van der Waals surface area contributed by atoms with Gasteiger partial charge in [0, 0.05) is 25.0 Å². The molecule has 3 heteroatoms. The Morgan fingerprint density at radius 1 is 1.38 bits per heavy atom. The van der Waals surface area contributed by atoms with Gasteiger partial charge in [-0.2, -0.15) is 5.10 Å². The third kappa shape index (κ3) is 4.57. The SMILES string of the molecule is CCCNC1CCC(C(C)C)CC1CCc1ccnn1C. The Balaban J connectivity index is 1.93. The standard InChI is InChI=1S/C18H33N3/c1-5-11-19-18-9-7-15(14(2)3)13-16(18)6-8-17-10-12-20-21(17)4/h10,12,14-16,18-19H,5-9,11,13H2,1-4H3. The minimum absolute atomic E-state index is 0.730. The molecule has 120 valence electrons. The normalized spacial score (nSPS) is 26.4. The van der Waals surface area contributed by atoms with Gasteiger partial charge in [0.15, 0.2) is 0 Å². The number of aryl methyl sites for hydroxylation is 2. The van der Waals surface area contributed by atoms with E-state index < -0.39 is 0 Å². The fourth-order valence-corrected chi connectivity index (χ4v) is 3.80. The largest absolute Gasteiger partial charge is 0.314 e. The minimum Gasteiger partial charge on any atom is -0.314 e. The molecule has 1 saturated carbocycles. The molecular formula is C18H33N3. The highest BCUT2D eigenvalue weighted by Crippen LogP contribution is 2.36. The zero-order chi connectivity index (χ0) is 15.2. The van der Waals surface area contributed by atoms with Crippen LogP contribution in [0.4, 0.5) is 0 Å². The Morgan fingerprint density at radius 2 is 2.19 bits per heavy atom. The van der Waals surface area contributed by atoms with Crippen molar-refractivity contribution in [2.45, 2.75) is 65.3 Å². The second-order valence-electron chi connectivity index (χ2n) is 7.12. The molecule has 0 spiro atoms. The van der Waals surface area contributed by atoms with E-state index >= 15 is 0 Å². The van der Waals surface area contributed by atoms with E-state index in [0.29, 0.717) is 0 Å². The highest BCUT2D eigenvalue weighted by molar-refractivity contribution is 5.01. The molecule has 3 nitrogen and oxygen atoms in total. The minimum atomic E-state index is 0.730. The van der Waals surface area contributed by atoms with Crippen LogP contribution in [0.5, 0.6) is 0 Å². The summed E-state index contributed by atoms with van der Waals surface area (Å²) in [6.45, 7) is 8.21. The van der Waals surface area contributed by atoms with Crippen molar-refractivity contribution in [3.63, 3.8) is 0 Å². The van der Waals surface area contributed by atoms with Crippen LogP contribution in [0.2, 0.25) is 0 Å². The third-order valence-electron chi connectivity index (χ3n) is 5.32. The second-order valence-corrected chi connectivity index (χ2v) is 7.12. The van der Waals surface area contributed by atoms with Gasteiger partial charge in [-0.15, -0.1) is 0 Å². The van der Waals surface area contributed by atoms with Crippen molar-refractivity contribution in [2.24, 2.45) is 24.8 Å². The van der Waals surface area contributed by atoms with Crippen molar-refractivity contribution in [2.75, 3.05) is 6.54 Å². The molecule has 0 aliphatic heterocycles. The quantitative estimate of drug-likeness (QED) is 0.828.